The highest BCUT2D eigenvalue weighted by Gasteiger charge is 2.28. The van der Waals surface area contributed by atoms with Crippen LogP contribution in [0.2, 0.25) is 5.02 Å². The van der Waals surface area contributed by atoms with E-state index in [0.717, 1.165) is 0 Å². The molecule has 0 radical (unpaired) electrons. The average Bonchev–Trinajstić information content (AvgIpc) is 2.21. The van der Waals surface area contributed by atoms with Gasteiger partial charge in [0.2, 0.25) is 0 Å². The van der Waals surface area contributed by atoms with Crippen LogP contribution in [0.1, 0.15) is 13.8 Å². The maximum absolute atomic E-state index is 11.6. The Kier molecular flexibility index (Phi) is 3.68. The Balaban J connectivity index is 2.71. The summed E-state index contributed by atoms with van der Waals surface area (Å²) in [4.78, 5) is 11.6. The summed E-state index contributed by atoms with van der Waals surface area (Å²) in [6, 6.07) is 6.53. The number of carbonyl (C=O) groups excluding carboxylic acids is 1. The van der Waals surface area contributed by atoms with Gasteiger partial charge in [-0.15, -0.1) is 0 Å². The number of esters is 1. The molecule has 4 nitrogen and oxygen atoms in total. The fourth-order valence-electron chi connectivity index (χ4n) is 0.796. The molecule has 1 rings (SSSR count). The molecule has 0 aliphatic rings. The molecular formula is C10H13ClN2O2. The van der Waals surface area contributed by atoms with Crippen molar-refractivity contribution in [2.24, 2.45) is 5.84 Å². The summed E-state index contributed by atoms with van der Waals surface area (Å²) < 4.78 is 5.08. The molecule has 0 fully saturated rings. The summed E-state index contributed by atoms with van der Waals surface area (Å²) in [5.74, 6) is 5.20. The van der Waals surface area contributed by atoms with Gasteiger partial charge in [-0.3, -0.25) is 5.84 Å². The van der Waals surface area contributed by atoms with Crippen LogP contribution in [0.25, 0.3) is 0 Å². The molecule has 0 aliphatic carbocycles. The van der Waals surface area contributed by atoms with Crippen LogP contribution >= 0.6 is 11.6 Å². The van der Waals surface area contributed by atoms with E-state index in [1.165, 1.54) is 0 Å². The molecule has 0 spiro atoms. The highest BCUT2D eigenvalue weighted by Crippen LogP contribution is 2.17. The van der Waals surface area contributed by atoms with Crippen LogP contribution < -0.4 is 16.0 Å². The van der Waals surface area contributed by atoms with Crippen LogP contribution in [0.3, 0.4) is 0 Å². The number of nitrogens with one attached hydrogen (secondary N) is 1. The topological polar surface area (TPSA) is 64.3 Å². The van der Waals surface area contributed by atoms with E-state index in [1.54, 1.807) is 38.1 Å². The average molecular weight is 229 g/mol. The van der Waals surface area contributed by atoms with E-state index >= 15 is 0 Å². The number of hydrogen-bond acceptors (Lipinski definition) is 4. The molecule has 0 saturated carbocycles. The van der Waals surface area contributed by atoms with Crippen LogP contribution in [-0.4, -0.2) is 11.5 Å². The molecule has 0 bridgehead atoms. The molecule has 5 heteroatoms. The molecular weight excluding hydrogens is 216 g/mol. The highest BCUT2D eigenvalue weighted by molar-refractivity contribution is 6.30. The molecule has 1 aromatic carbocycles. The van der Waals surface area contributed by atoms with E-state index < -0.39 is 11.5 Å². The Morgan fingerprint density at radius 1 is 1.40 bits per heavy atom. The van der Waals surface area contributed by atoms with Gasteiger partial charge < -0.3 is 4.74 Å². The summed E-state index contributed by atoms with van der Waals surface area (Å²) in [6.07, 6.45) is 0. The monoisotopic (exact) mass is 228 g/mol. The third-order valence-corrected chi connectivity index (χ3v) is 2.15. The summed E-state index contributed by atoms with van der Waals surface area (Å²) in [5.41, 5.74) is 1.46. The molecule has 0 heterocycles. The van der Waals surface area contributed by atoms with Gasteiger partial charge in [0.25, 0.3) is 0 Å². The van der Waals surface area contributed by atoms with E-state index in [4.69, 9.17) is 22.2 Å². The molecule has 0 atom stereocenters. The maximum atomic E-state index is 11.6. The van der Waals surface area contributed by atoms with Crippen molar-refractivity contribution in [3.63, 3.8) is 0 Å². The number of hydrazine groups is 1. The van der Waals surface area contributed by atoms with E-state index in [1.807, 2.05) is 0 Å². The first-order valence-electron chi connectivity index (χ1n) is 4.41. The van der Waals surface area contributed by atoms with Gasteiger partial charge in [0, 0.05) is 5.02 Å². The number of benzene rings is 1. The lowest BCUT2D eigenvalue weighted by Gasteiger charge is -2.20. The Bertz CT molecular complexity index is 349. The molecule has 0 aromatic heterocycles. The summed E-state index contributed by atoms with van der Waals surface area (Å²) in [6.45, 7) is 3.26. The molecule has 3 N–H and O–H groups in total. The minimum Gasteiger partial charge on any atom is -0.425 e. The van der Waals surface area contributed by atoms with E-state index in [0.29, 0.717) is 10.8 Å². The quantitative estimate of drug-likeness (QED) is 0.356. The van der Waals surface area contributed by atoms with Gasteiger partial charge in [-0.05, 0) is 38.1 Å². The number of halogens is 1. The Hall–Kier alpha value is -1.10. The van der Waals surface area contributed by atoms with Crippen molar-refractivity contribution in [1.82, 2.24) is 5.43 Å². The van der Waals surface area contributed by atoms with Gasteiger partial charge in [-0.2, -0.15) is 0 Å². The first-order valence-corrected chi connectivity index (χ1v) is 4.79. The van der Waals surface area contributed by atoms with Gasteiger partial charge in [0.05, 0.1) is 0 Å². The number of ether oxygens (including phenoxy) is 1. The van der Waals surface area contributed by atoms with Crippen LogP contribution in [0, 0.1) is 0 Å². The third-order valence-electron chi connectivity index (χ3n) is 1.90. The molecule has 0 saturated heterocycles. The van der Waals surface area contributed by atoms with Gasteiger partial charge in [-0.1, -0.05) is 11.6 Å². The van der Waals surface area contributed by atoms with Crippen molar-refractivity contribution in [2.45, 2.75) is 19.4 Å². The number of carbonyl (C=O) groups is 1. The first kappa shape index (κ1) is 12.0. The normalized spacial score (nSPS) is 11.2. The fourth-order valence-corrected chi connectivity index (χ4v) is 0.922. The predicted molar refractivity (Wildman–Crippen MR) is 58.5 cm³/mol. The zero-order valence-corrected chi connectivity index (χ0v) is 9.34. The SMILES string of the molecule is CC(C)(NN)C(=O)Oc1ccc(Cl)cc1. The Labute approximate surface area is 93.3 Å². The standard InChI is InChI=1S/C10H13ClN2O2/c1-10(2,13-12)9(14)15-8-5-3-7(11)4-6-8/h3-6,13H,12H2,1-2H3. The molecule has 1 aromatic rings. The highest BCUT2D eigenvalue weighted by atomic mass is 35.5. The second kappa shape index (κ2) is 4.61. The molecule has 0 amide bonds. The first-order chi connectivity index (χ1) is 6.95. The van der Waals surface area contributed by atoms with Crippen molar-refractivity contribution < 1.29 is 9.53 Å². The number of rotatable bonds is 3. The zero-order valence-electron chi connectivity index (χ0n) is 8.58. The lowest BCUT2D eigenvalue weighted by Crippen LogP contribution is -2.52. The van der Waals surface area contributed by atoms with Crippen LogP contribution in [0.4, 0.5) is 0 Å². The zero-order chi connectivity index (χ0) is 11.5. The molecule has 82 valence electrons. The fraction of sp³-hybridized carbons (Fsp3) is 0.300. The van der Waals surface area contributed by atoms with Crippen LogP contribution in [0.15, 0.2) is 24.3 Å². The second-order valence-electron chi connectivity index (χ2n) is 3.61. The summed E-state index contributed by atoms with van der Waals surface area (Å²) >= 11 is 5.69. The largest absolute Gasteiger partial charge is 0.425 e. The van der Waals surface area contributed by atoms with Gasteiger partial charge in [0.15, 0.2) is 0 Å². The van der Waals surface area contributed by atoms with Gasteiger partial charge in [-0.25, -0.2) is 10.2 Å². The van der Waals surface area contributed by atoms with Gasteiger partial charge in [0.1, 0.15) is 11.3 Å². The summed E-state index contributed by atoms with van der Waals surface area (Å²) in [7, 11) is 0. The van der Waals surface area contributed by atoms with Crippen molar-refractivity contribution >= 4 is 17.6 Å². The molecule has 15 heavy (non-hydrogen) atoms. The number of nitrogens with two attached hydrogens (primary N) is 1. The smallest absolute Gasteiger partial charge is 0.332 e. The van der Waals surface area contributed by atoms with Crippen LogP contribution in [-0.2, 0) is 4.79 Å². The second-order valence-corrected chi connectivity index (χ2v) is 4.05. The van der Waals surface area contributed by atoms with Crippen molar-refractivity contribution in [3.8, 4) is 5.75 Å². The van der Waals surface area contributed by atoms with E-state index in [2.05, 4.69) is 5.43 Å². The van der Waals surface area contributed by atoms with E-state index in [-0.39, 0.29) is 0 Å². The number of hydrogen-bond donors (Lipinski definition) is 2. The van der Waals surface area contributed by atoms with E-state index in [9.17, 15) is 4.79 Å². The van der Waals surface area contributed by atoms with Crippen LogP contribution in [0.5, 0.6) is 5.75 Å². The minimum atomic E-state index is -0.917. The maximum Gasteiger partial charge on any atom is 0.332 e. The lowest BCUT2D eigenvalue weighted by atomic mass is 10.1. The Morgan fingerprint density at radius 3 is 2.40 bits per heavy atom. The lowest BCUT2D eigenvalue weighted by molar-refractivity contribution is -0.140. The third kappa shape index (κ3) is 3.20. The minimum absolute atomic E-state index is 0.438. The van der Waals surface area contributed by atoms with Crippen molar-refractivity contribution in [1.29, 1.82) is 0 Å². The van der Waals surface area contributed by atoms with Crippen molar-refractivity contribution in [2.75, 3.05) is 0 Å². The summed E-state index contributed by atoms with van der Waals surface area (Å²) in [5, 5.41) is 0.589. The van der Waals surface area contributed by atoms with Crippen molar-refractivity contribution in [3.05, 3.63) is 29.3 Å². The predicted octanol–water partition coefficient (Wildman–Crippen LogP) is 1.49. The Morgan fingerprint density at radius 2 is 1.93 bits per heavy atom. The molecule has 0 unspecified atom stereocenters. The van der Waals surface area contributed by atoms with Gasteiger partial charge >= 0.3 is 5.97 Å². The molecule has 0 aliphatic heterocycles.